The lowest BCUT2D eigenvalue weighted by atomic mass is 10.3. The smallest absolute Gasteiger partial charge is 0.279 e. The summed E-state index contributed by atoms with van der Waals surface area (Å²) in [5, 5.41) is 3.86. The number of carbonyl (C=O) groups excluding carboxylic acids is 1. The molecule has 2 heterocycles. The molecule has 1 amide bonds. The molecule has 3 N–H and O–H groups in total. The topological polar surface area (TPSA) is 50.9 Å². The fraction of sp³-hybridized carbons (Fsp3) is 0.294. The molecule has 7 heteroatoms. The average Bonchev–Trinajstić information content (AvgIpc) is 2.59. The number of hydrogen-bond acceptors (Lipinski definition) is 2. The Morgan fingerprint density at radius 1 is 1.21 bits per heavy atom. The molecule has 3 rings (SSSR count). The van der Waals surface area contributed by atoms with Gasteiger partial charge in [0, 0.05) is 11.1 Å². The molecular weight excluding hydrogens is 347 g/mol. The van der Waals surface area contributed by atoms with Gasteiger partial charge in [-0.05, 0) is 24.3 Å². The molecule has 0 unspecified atom stereocenters. The number of aromatic nitrogens is 1. The number of H-pyrrole nitrogens is 1. The van der Waals surface area contributed by atoms with E-state index in [9.17, 15) is 4.79 Å². The van der Waals surface area contributed by atoms with E-state index in [-0.39, 0.29) is 5.91 Å². The second kappa shape index (κ2) is 7.83. The van der Waals surface area contributed by atoms with Crippen LogP contribution in [0, 0.1) is 0 Å². The van der Waals surface area contributed by atoms with Crippen molar-refractivity contribution < 1.29 is 14.7 Å². The Labute approximate surface area is 151 Å². The third-order valence-electron chi connectivity index (χ3n) is 4.12. The van der Waals surface area contributed by atoms with Gasteiger partial charge in [0.15, 0.2) is 6.54 Å². The summed E-state index contributed by atoms with van der Waals surface area (Å²) in [6.07, 6.45) is 1.93. The number of amides is 1. The van der Waals surface area contributed by atoms with Crippen molar-refractivity contribution in [3.05, 3.63) is 52.6 Å². The van der Waals surface area contributed by atoms with Gasteiger partial charge >= 0.3 is 0 Å². The molecule has 5 nitrogen and oxygen atoms in total. The maximum absolute atomic E-state index is 12.2. The Kier molecular flexibility index (Phi) is 5.56. The lowest BCUT2D eigenvalue weighted by molar-refractivity contribution is -0.892. The summed E-state index contributed by atoms with van der Waals surface area (Å²) >= 11 is 12.0. The predicted molar refractivity (Wildman–Crippen MR) is 95.9 cm³/mol. The summed E-state index contributed by atoms with van der Waals surface area (Å²) in [5.41, 5.74) is 0.600. The number of halogens is 2. The van der Waals surface area contributed by atoms with Crippen LogP contribution < -0.4 is 20.1 Å². The highest BCUT2D eigenvalue weighted by Gasteiger charge is 2.27. The van der Waals surface area contributed by atoms with Crippen LogP contribution in [-0.4, -0.2) is 38.6 Å². The maximum Gasteiger partial charge on any atom is 0.279 e. The predicted octanol–water partition coefficient (Wildman–Crippen LogP) is 1.15. The highest BCUT2D eigenvalue weighted by atomic mass is 35.5. The van der Waals surface area contributed by atoms with E-state index < -0.39 is 0 Å². The number of nitrogens with one attached hydrogen (secondary N) is 3. The molecule has 0 spiro atoms. The first kappa shape index (κ1) is 17.0. The molecule has 0 saturated carbocycles. The second-order valence-electron chi connectivity index (χ2n) is 5.83. The van der Waals surface area contributed by atoms with Gasteiger partial charge < -0.3 is 10.2 Å². The van der Waals surface area contributed by atoms with Gasteiger partial charge in [-0.15, -0.1) is 0 Å². The number of pyridine rings is 1. The van der Waals surface area contributed by atoms with Gasteiger partial charge in [-0.2, -0.15) is 0 Å². The molecular formula is C17H20Cl2N4O+2. The summed E-state index contributed by atoms with van der Waals surface area (Å²) < 4.78 is 0. The van der Waals surface area contributed by atoms with Crippen LogP contribution in [0.2, 0.25) is 10.0 Å². The van der Waals surface area contributed by atoms with Crippen LogP contribution in [0.4, 0.5) is 11.5 Å². The van der Waals surface area contributed by atoms with Crippen molar-refractivity contribution in [1.82, 2.24) is 0 Å². The molecule has 0 radical (unpaired) electrons. The van der Waals surface area contributed by atoms with Crippen molar-refractivity contribution in [3.63, 3.8) is 0 Å². The molecule has 1 aromatic carbocycles. The first-order chi connectivity index (χ1) is 11.6. The van der Waals surface area contributed by atoms with Crippen LogP contribution in [-0.2, 0) is 4.79 Å². The average molecular weight is 367 g/mol. The van der Waals surface area contributed by atoms with Crippen molar-refractivity contribution in [2.24, 2.45) is 0 Å². The highest BCUT2D eigenvalue weighted by molar-refractivity contribution is 6.36. The summed E-state index contributed by atoms with van der Waals surface area (Å²) in [5.74, 6) is 1.09. The second-order valence-corrected chi connectivity index (χ2v) is 6.68. The molecule has 24 heavy (non-hydrogen) atoms. The Morgan fingerprint density at radius 2 is 2.00 bits per heavy atom. The third kappa shape index (κ3) is 4.38. The Bertz CT molecular complexity index is 703. The molecule has 0 aliphatic carbocycles. The summed E-state index contributed by atoms with van der Waals surface area (Å²) in [4.78, 5) is 19.0. The number of nitrogens with zero attached hydrogens (tertiary/aromatic N) is 1. The van der Waals surface area contributed by atoms with Gasteiger partial charge in [-0.3, -0.25) is 9.69 Å². The first-order valence-electron chi connectivity index (χ1n) is 7.92. The standard InChI is InChI=1S/C17H18Cl2N4O/c18-13-4-5-15(14(19)11-13)21-17(24)12-22-7-9-23(10-8-22)16-3-1-2-6-20-16/h1-6,11H,7-10,12H2,(H,21,24)/p+2. The zero-order valence-electron chi connectivity index (χ0n) is 13.2. The van der Waals surface area contributed by atoms with Crippen molar-refractivity contribution in [1.29, 1.82) is 0 Å². The fourth-order valence-electron chi connectivity index (χ4n) is 2.83. The molecule has 2 aromatic rings. The Morgan fingerprint density at radius 3 is 2.67 bits per heavy atom. The van der Waals surface area contributed by atoms with Crippen molar-refractivity contribution in [3.8, 4) is 0 Å². The van der Waals surface area contributed by atoms with Gasteiger partial charge in [-0.1, -0.05) is 29.3 Å². The molecule has 1 aliphatic heterocycles. The van der Waals surface area contributed by atoms with Gasteiger partial charge in [0.25, 0.3) is 11.7 Å². The lowest BCUT2D eigenvalue weighted by Gasteiger charge is -2.27. The van der Waals surface area contributed by atoms with E-state index in [2.05, 4.69) is 21.3 Å². The van der Waals surface area contributed by atoms with E-state index in [1.54, 1.807) is 18.2 Å². The Hall–Kier alpha value is -1.82. The molecule has 1 aromatic heterocycles. The summed E-state index contributed by atoms with van der Waals surface area (Å²) in [7, 11) is 0. The summed E-state index contributed by atoms with van der Waals surface area (Å²) in [6, 6.07) is 11.1. The molecule has 1 saturated heterocycles. The maximum atomic E-state index is 12.2. The zero-order valence-corrected chi connectivity index (χ0v) is 14.7. The molecule has 1 aliphatic rings. The van der Waals surface area contributed by atoms with E-state index >= 15 is 0 Å². The fourth-order valence-corrected chi connectivity index (χ4v) is 3.29. The quantitative estimate of drug-likeness (QED) is 0.852. The molecule has 126 valence electrons. The molecule has 1 fully saturated rings. The zero-order chi connectivity index (χ0) is 16.9. The van der Waals surface area contributed by atoms with Gasteiger partial charge in [0.1, 0.15) is 26.2 Å². The third-order valence-corrected chi connectivity index (χ3v) is 4.67. The van der Waals surface area contributed by atoms with E-state index in [1.165, 1.54) is 4.90 Å². The highest BCUT2D eigenvalue weighted by Crippen LogP contribution is 2.25. The number of benzene rings is 1. The lowest BCUT2D eigenvalue weighted by Crippen LogP contribution is -3.15. The number of carbonyl (C=O) groups is 1. The number of hydrogen-bond donors (Lipinski definition) is 2. The van der Waals surface area contributed by atoms with Crippen LogP contribution in [0.1, 0.15) is 0 Å². The van der Waals surface area contributed by atoms with Crippen LogP contribution in [0.25, 0.3) is 0 Å². The van der Waals surface area contributed by atoms with Gasteiger partial charge in [-0.25, -0.2) is 4.98 Å². The number of piperazine rings is 1. The monoisotopic (exact) mass is 366 g/mol. The van der Waals surface area contributed by atoms with Crippen molar-refractivity contribution in [2.45, 2.75) is 0 Å². The number of quaternary nitrogens is 1. The largest absolute Gasteiger partial charge is 0.321 e. The van der Waals surface area contributed by atoms with Crippen molar-refractivity contribution in [2.75, 3.05) is 42.9 Å². The SMILES string of the molecule is O=C(C[NH+]1CCN(c2cccc[nH+]2)CC1)Nc1ccc(Cl)cc1Cl. The number of anilines is 2. The van der Waals surface area contributed by atoms with Crippen LogP contribution in [0.3, 0.4) is 0 Å². The van der Waals surface area contributed by atoms with E-state index in [0.29, 0.717) is 22.3 Å². The minimum absolute atomic E-state index is 0.0334. The van der Waals surface area contributed by atoms with Gasteiger partial charge in [0.05, 0.1) is 16.9 Å². The number of aromatic amines is 1. The minimum atomic E-state index is -0.0334. The van der Waals surface area contributed by atoms with E-state index in [1.807, 2.05) is 18.3 Å². The normalized spacial score (nSPS) is 15.3. The van der Waals surface area contributed by atoms with Crippen LogP contribution >= 0.6 is 23.2 Å². The van der Waals surface area contributed by atoms with E-state index in [4.69, 9.17) is 23.2 Å². The molecule has 0 atom stereocenters. The summed E-state index contributed by atoms with van der Waals surface area (Å²) in [6.45, 7) is 4.12. The number of rotatable bonds is 4. The van der Waals surface area contributed by atoms with Crippen LogP contribution in [0.15, 0.2) is 42.6 Å². The van der Waals surface area contributed by atoms with E-state index in [0.717, 1.165) is 32.0 Å². The Balaban J connectivity index is 1.50. The van der Waals surface area contributed by atoms with Gasteiger partial charge in [0.2, 0.25) is 0 Å². The minimum Gasteiger partial charge on any atom is -0.321 e. The van der Waals surface area contributed by atoms with Crippen molar-refractivity contribution >= 4 is 40.6 Å². The van der Waals surface area contributed by atoms with Crippen LogP contribution in [0.5, 0.6) is 0 Å². The molecule has 0 bridgehead atoms. The first-order valence-corrected chi connectivity index (χ1v) is 8.67.